The highest BCUT2D eigenvalue weighted by molar-refractivity contribution is 7.09. The standard InChI is InChI=1S/C20H27N5OS/c1-14-22-24(5)25(23-14)17-9-10-18(26-6)16(12-17)8-7-11-20(3,4)19-13-27-15(2)21-19/h7-10,12-13H,11H2,1-6H3,(H,22,23)/b8-7+. The summed E-state index contributed by atoms with van der Waals surface area (Å²) in [7, 11) is 3.62. The number of hydrogen-bond acceptors (Lipinski definition) is 7. The lowest BCUT2D eigenvalue weighted by Gasteiger charge is -2.23. The predicted molar refractivity (Wildman–Crippen MR) is 113 cm³/mol. The second-order valence-corrected chi connectivity index (χ2v) is 8.34. The van der Waals surface area contributed by atoms with Crippen molar-refractivity contribution in [1.29, 1.82) is 0 Å². The van der Waals surface area contributed by atoms with Gasteiger partial charge < -0.3 is 4.74 Å². The van der Waals surface area contributed by atoms with E-state index in [1.54, 1.807) is 18.4 Å². The van der Waals surface area contributed by atoms with E-state index in [2.05, 4.69) is 53.0 Å². The fourth-order valence-corrected chi connectivity index (χ4v) is 3.78. The number of nitrogens with one attached hydrogen (secondary N) is 1. The van der Waals surface area contributed by atoms with Crippen molar-refractivity contribution in [3.05, 3.63) is 45.9 Å². The van der Waals surface area contributed by atoms with E-state index >= 15 is 0 Å². The number of methoxy groups -OCH3 is 1. The smallest absolute Gasteiger partial charge is 0.137 e. The molecule has 1 aromatic carbocycles. The third kappa shape index (κ3) is 4.31. The van der Waals surface area contributed by atoms with Gasteiger partial charge in [-0.15, -0.1) is 21.6 Å². The number of benzene rings is 1. The highest BCUT2D eigenvalue weighted by atomic mass is 32.1. The summed E-state index contributed by atoms with van der Waals surface area (Å²) >= 11 is 1.70. The molecule has 0 amide bonds. The SMILES string of the molecule is COc1ccc(N2N=C(C)NN2C)cc1/C=C/CC(C)(C)c1csc(C)n1. The third-order valence-corrected chi connectivity index (χ3v) is 5.31. The molecule has 1 aliphatic heterocycles. The summed E-state index contributed by atoms with van der Waals surface area (Å²) in [6, 6.07) is 6.05. The average Bonchev–Trinajstić information content (AvgIpc) is 3.20. The highest BCUT2D eigenvalue weighted by Crippen LogP contribution is 2.31. The van der Waals surface area contributed by atoms with Crippen LogP contribution >= 0.6 is 11.3 Å². The molecule has 0 bridgehead atoms. The van der Waals surface area contributed by atoms with Crippen LogP contribution in [0.5, 0.6) is 5.75 Å². The van der Waals surface area contributed by atoms with Gasteiger partial charge in [0.25, 0.3) is 0 Å². The zero-order chi connectivity index (χ0) is 19.6. The second-order valence-electron chi connectivity index (χ2n) is 7.28. The zero-order valence-corrected chi connectivity index (χ0v) is 17.6. The highest BCUT2D eigenvalue weighted by Gasteiger charge is 2.22. The van der Waals surface area contributed by atoms with Crippen molar-refractivity contribution in [1.82, 2.24) is 15.5 Å². The first-order valence-corrected chi connectivity index (χ1v) is 9.81. The number of anilines is 1. The number of hydrazone groups is 1. The van der Waals surface area contributed by atoms with E-state index in [1.807, 2.05) is 43.3 Å². The van der Waals surface area contributed by atoms with Crippen LogP contribution in [-0.4, -0.2) is 30.1 Å². The van der Waals surface area contributed by atoms with Crippen molar-refractivity contribution >= 4 is 28.9 Å². The Kier molecular flexibility index (Phi) is 5.53. The number of aryl methyl sites for hydroxylation is 1. The van der Waals surface area contributed by atoms with Crippen molar-refractivity contribution in [3.8, 4) is 5.75 Å². The van der Waals surface area contributed by atoms with E-state index in [0.717, 1.165) is 40.0 Å². The van der Waals surface area contributed by atoms with E-state index in [9.17, 15) is 0 Å². The fraction of sp³-hybridized carbons (Fsp3) is 0.400. The molecule has 0 unspecified atom stereocenters. The monoisotopic (exact) mass is 385 g/mol. The first-order chi connectivity index (χ1) is 12.8. The fourth-order valence-electron chi connectivity index (χ4n) is 2.98. The van der Waals surface area contributed by atoms with Crippen molar-refractivity contribution in [2.24, 2.45) is 5.10 Å². The predicted octanol–water partition coefficient (Wildman–Crippen LogP) is 4.35. The quantitative estimate of drug-likeness (QED) is 0.801. The summed E-state index contributed by atoms with van der Waals surface area (Å²) in [5.74, 6) is 1.69. The topological polar surface area (TPSA) is 53.0 Å². The number of ether oxygens (including phenoxy) is 1. The minimum atomic E-state index is -0.00734. The Hall–Kier alpha value is -2.38. The van der Waals surface area contributed by atoms with E-state index in [1.165, 1.54) is 0 Å². The number of rotatable bonds is 6. The van der Waals surface area contributed by atoms with Crippen LogP contribution in [0.3, 0.4) is 0 Å². The summed E-state index contributed by atoms with van der Waals surface area (Å²) in [4.78, 5) is 4.65. The van der Waals surface area contributed by atoms with Gasteiger partial charge in [-0.2, -0.15) is 5.12 Å². The lowest BCUT2D eigenvalue weighted by atomic mass is 9.86. The van der Waals surface area contributed by atoms with Crippen LogP contribution in [0.25, 0.3) is 6.08 Å². The Morgan fingerprint density at radius 1 is 1.30 bits per heavy atom. The van der Waals surface area contributed by atoms with E-state index in [0.29, 0.717) is 0 Å². The third-order valence-electron chi connectivity index (χ3n) is 4.53. The molecule has 2 aromatic rings. The number of thiazole rings is 1. The van der Waals surface area contributed by atoms with Crippen molar-refractivity contribution in [2.45, 2.75) is 39.5 Å². The van der Waals surface area contributed by atoms with Gasteiger partial charge >= 0.3 is 0 Å². The van der Waals surface area contributed by atoms with E-state index in [4.69, 9.17) is 4.74 Å². The Labute approximate surface area is 165 Å². The van der Waals surface area contributed by atoms with Gasteiger partial charge in [0.05, 0.1) is 23.5 Å². The molecule has 3 rings (SSSR count). The van der Waals surface area contributed by atoms with E-state index in [-0.39, 0.29) is 5.41 Å². The van der Waals surface area contributed by atoms with Crippen molar-refractivity contribution in [2.75, 3.05) is 19.3 Å². The molecular weight excluding hydrogens is 358 g/mol. The Morgan fingerprint density at radius 3 is 2.67 bits per heavy atom. The number of nitrogens with zero attached hydrogens (tertiary/aromatic N) is 4. The maximum atomic E-state index is 5.54. The molecule has 0 saturated carbocycles. The number of allylic oxidation sites excluding steroid dienone is 1. The summed E-state index contributed by atoms with van der Waals surface area (Å²) in [5, 5.41) is 11.4. The first-order valence-electron chi connectivity index (χ1n) is 8.93. The normalized spacial score (nSPS) is 15.3. The van der Waals surface area contributed by atoms with Gasteiger partial charge in [0.2, 0.25) is 0 Å². The van der Waals surface area contributed by atoms with Gasteiger partial charge in [0, 0.05) is 23.4 Å². The summed E-state index contributed by atoms with van der Waals surface area (Å²) < 4.78 is 5.54. The molecule has 2 heterocycles. The van der Waals surface area contributed by atoms with Gasteiger partial charge in [-0.25, -0.2) is 4.98 Å². The molecule has 27 heavy (non-hydrogen) atoms. The van der Waals surface area contributed by atoms with E-state index < -0.39 is 0 Å². The lowest BCUT2D eigenvalue weighted by Crippen LogP contribution is -2.40. The largest absolute Gasteiger partial charge is 0.496 e. The number of amidine groups is 1. The number of aromatic nitrogens is 1. The molecule has 6 nitrogen and oxygen atoms in total. The summed E-state index contributed by atoms with van der Waals surface area (Å²) in [6.07, 6.45) is 5.20. The zero-order valence-electron chi connectivity index (χ0n) is 16.8. The van der Waals surface area contributed by atoms with Gasteiger partial charge in [0.1, 0.15) is 11.6 Å². The molecule has 0 aliphatic carbocycles. The molecule has 0 spiro atoms. The summed E-state index contributed by atoms with van der Waals surface area (Å²) in [6.45, 7) is 8.43. The average molecular weight is 386 g/mol. The molecule has 1 N–H and O–H groups in total. The summed E-state index contributed by atoms with van der Waals surface area (Å²) in [5.41, 5.74) is 6.28. The van der Waals surface area contributed by atoms with Gasteiger partial charge in [-0.3, -0.25) is 5.43 Å². The first kappa shape index (κ1) is 19.4. The molecule has 0 radical (unpaired) electrons. The van der Waals surface area contributed by atoms with Gasteiger partial charge in [0.15, 0.2) is 0 Å². The van der Waals surface area contributed by atoms with Crippen LogP contribution in [0.1, 0.15) is 43.5 Å². The van der Waals surface area contributed by atoms with Crippen LogP contribution in [0.4, 0.5) is 5.69 Å². The Bertz CT molecular complexity index is 871. The van der Waals surface area contributed by atoms with Crippen LogP contribution in [-0.2, 0) is 5.41 Å². The molecule has 144 valence electrons. The molecule has 0 saturated heterocycles. The molecule has 0 atom stereocenters. The van der Waals surface area contributed by atoms with Gasteiger partial charge in [-0.1, -0.05) is 26.0 Å². The van der Waals surface area contributed by atoms with Crippen molar-refractivity contribution in [3.63, 3.8) is 0 Å². The van der Waals surface area contributed by atoms with Crippen LogP contribution in [0.15, 0.2) is 34.8 Å². The molecule has 0 fully saturated rings. The Morgan fingerprint density at radius 2 is 2.07 bits per heavy atom. The molecule has 1 aliphatic rings. The molecule has 7 heteroatoms. The van der Waals surface area contributed by atoms with Crippen LogP contribution in [0, 0.1) is 6.92 Å². The number of hydrogen-bond donors (Lipinski definition) is 1. The molecule has 1 aromatic heterocycles. The second kappa shape index (κ2) is 7.70. The van der Waals surface area contributed by atoms with Crippen molar-refractivity contribution < 1.29 is 4.74 Å². The minimum Gasteiger partial charge on any atom is -0.496 e. The van der Waals surface area contributed by atoms with Crippen LogP contribution in [0.2, 0.25) is 0 Å². The lowest BCUT2D eigenvalue weighted by molar-refractivity contribution is 0.295. The molecular formula is C20H27N5OS. The van der Waals surface area contributed by atoms with Crippen LogP contribution < -0.4 is 15.3 Å². The van der Waals surface area contributed by atoms with Gasteiger partial charge in [-0.05, 0) is 38.5 Å². The maximum Gasteiger partial charge on any atom is 0.137 e. The Balaban J connectivity index is 1.81. The number of hydrazine groups is 2. The minimum absolute atomic E-state index is 0.00734. The maximum absolute atomic E-state index is 5.54.